The molecule has 1 fully saturated rings. The van der Waals surface area contributed by atoms with Crippen LogP contribution in [0, 0.1) is 19.9 Å². The van der Waals surface area contributed by atoms with Crippen LogP contribution in [0.2, 0.25) is 0 Å². The van der Waals surface area contributed by atoms with Gasteiger partial charge in [-0.15, -0.1) is 6.04 Å². The molecule has 1 amide bonds. The second kappa shape index (κ2) is 6.19. The molecule has 3 nitrogen and oxygen atoms in total. The van der Waals surface area contributed by atoms with Crippen molar-refractivity contribution < 1.29 is 37.5 Å². The van der Waals surface area contributed by atoms with Gasteiger partial charge in [0, 0.05) is 32.7 Å². The van der Waals surface area contributed by atoms with Crippen molar-refractivity contribution in [2.24, 2.45) is 5.92 Å². The van der Waals surface area contributed by atoms with Gasteiger partial charge in [0.1, 0.15) is 0 Å². The number of rotatable bonds is 2. The average molecular weight is 271 g/mol. The molecule has 0 spiro atoms. The Balaban J connectivity index is 0.00000169. The fourth-order valence-corrected chi connectivity index (χ4v) is 1.52. The molecule has 0 aromatic rings. The van der Waals surface area contributed by atoms with Crippen LogP contribution in [0.25, 0.3) is 0 Å². The summed E-state index contributed by atoms with van der Waals surface area (Å²) >= 11 is 0. The van der Waals surface area contributed by atoms with Crippen molar-refractivity contribution in [2.75, 3.05) is 6.54 Å². The first-order valence-corrected chi connectivity index (χ1v) is 4.72. The Hall–Kier alpha value is 0.534. The molecule has 1 heterocycles. The third kappa shape index (κ3) is 3.60. The van der Waals surface area contributed by atoms with Crippen LogP contribution in [0.1, 0.15) is 20.3 Å². The molecule has 0 aliphatic carbocycles. The van der Waals surface area contributed by atoms with Crippen LogP contribution in [0.15, 0.2) is 0 Å². The van der Waals surface area contributed by atoms with Gasteiger partial charge in [-0.3, -0.25) is 11.8 Å². The zero-order chi connectivity index (χ0) is 10.0. The van der Waals surface area contributed by atoms with Crippen molar-refractivity contribution in [1.82, 2.24) is 10.2 Å². The van der Waals surface area contributed by atoms with Crippen molar-refractivity contribution >= 4 is 5.91 Å². The quantitative estimate of drug-likeness (QED) is 0.754. The van der Waals surface area contributed by atoms with E-state index in [-0.39, 0.29) is 50.7 Å². The summed E-state index contributed by atoms with van der Waals surface area (Å²) in [5.41, 5.74) is 0. The molecule has 1 aliphatic rings. The molecule has 0 bridgehead atoms. The van der Waals surface area contributed by atoms with Gasteiger partial charge >= 0.3 is 0 Å². The van der Waals surface area contributed by atoms with Crippen molar-refractivity contribution in [3.05, 3.63) is 14.0 Å². The number of nitrogens with zero attached hydrogens (tertiary/aromatic N) is 1. The summed E-state index contributed by atoms with van der Waals surface area (Å²) in [6.45, 7) is 8.70. The van der Waals surface area contributed by atoms with Gasteiger partial charge in [0.25, 0.3) is 0 Å². The van der Waals surface area contributed by atoms with Crippen molar-refractivity contribution in [3.8, 4) is 0 Å². The van der Waals surface area contributed by atoms with Crippen molar-refractivity contribution in [3.63, 3.8) is 0 Å². The van der Waals surface area contributed by atoms with E-state index in [4.69, 9.17) is 0 Å². The van der Waals surface area contributed by atoms with E-state index in [1.165, 1.54) is 4.90 Å². The third-order valence-electron chi connectivity index (χ3n) is 2.46. The molecule has 14 heavy (non-hydrogen) atoms. The molecular formula is C10H18N2OY-2. The topological polar surface area (TPSA) is 32.3 Å². The second-order valence-electron chi connectivity index (χ2n) is 3.96. The molecule has 1 N–H and O–H groups in total. The summed E-state index contributed by atoms with van der Waals surface area (Å²) in [6, 6.07) is -0.109. The number of hydrogen-bond acceptors (Lipinski definition) is 2. The van der Waals surface area contributed by atoms with E-state index < -0.39 is 0 Å². The van der Waals surface area contributed by atoms with Gasteiger partial charge in [-0.1, -0.05) is 13.8 Å². The average Bonchev–Trinajstić information content (AvgIpc) is 2.49. The Morgan fingerprint density at radius 2 is 2.21 bits per heavy atom. The standard InChI is InChI=1S/C10H18N2O.Y/c1-7(2)12(4)10(13)9-5-8(3)6-11-9;/h7-9,11H,1,4-6H2,2-3H3;/q-2;/t7-,8?,9-;/m0./s1. The minimum atomic E-state index is -0.0646. The molecule has 1 rings (SSSR count). The molecule has 1 saturated heterocycles. The first kappa shape index (κ1) is 14.5. The van der Waals surface area contributed by atoms with Gasteiger partial charge in [0.2, 0.25) is 5.91 Å². The van der Waals surface area contributed by atoms with E-state index in [0.717, 1.165) is 13.0 Å². The summed E-state index contributed by atoms with van der Waals surface area (Å²) in [7, 11) is 3.69. The van der Waals surface area contributed by atoms with Gasteiger partial charge in [0.05, 0.1) is 6.04 Å². The zero-order valence-electron chi connectivity index (χ0n) is 8.99. The van der Waals surface area contributed by atoms with E-state index in [1.807, 2.05) is 6.92 Å². The van der Waals surface area contributed by atoms with Gasteiger partial charge in [0.15, 0.2) is 0 Å². The maximum absolute atomic E-state index is 11.7. The molecule has 1 unspecified atom stereocenters. The fourth-order valence-electron chi connectivity index (χ4n) is 1.52. The summed E-state index contributed by atoms with van der Waals surface area (Å²) in [5, 5.41) is 3.18. The van der Waals surface area contributed by atoms with Gasteiger partial charge in [-0.05, 0) is 18.9 Å². The molecule has 0 aromatic heterocycles. The second-order valence-corrected chi connectivity index (χ2v) is 3.96. The molecule has 0 aromatic carbocycles. The van der Waals surface area contributed by atoms with Gasteiger partial charge < -0.3 is 17.1 Å². The Labute approximate surface area is 112 Å². The molecule has 0 saturated carbocycles. The Morgan fingerprint density at radius 3 is 2.57 bits per heavy atom. The smallest absolute Gasteiger partial charge is 0.208 e. The Kier molecular flexibility index (Phi) is 6.43. The molecule has 1 radical (unpaired) electrons. The Morgan fingerprint density at radius 1 is 1.64 bits per heavy atom. The van der Waals surface area contributed by atoms with Crippen LogP contribution in [-0.2, 0) is 37.5 Å². The SMILES string of the molecule is [CH2-][C@@H](C)N([CH2-])C(=O)[C@@H]1CC(C)CN1.[Y]. The van der Waals surface area contributed by atoms with Gasteiger partial charge in [-0.25, -0.2) is 0 Å². The zero-order valence-corrected chi connectivity index (χ0v) is 11.8. The van der Waals surface area contributed by atoms with Gasteiger partial charge in [-0.2, -0.15) is 0 Å². The fraction of sp³-hybridized carbons (Fsp3) is 0.700. The number of carbonyl (C=O) groups is 1. The van der Waals surface area contributed by atoms with E-state index >= 15 is 0 Å². The molecule has 1 aliphatic heterocycles. The number of hydrogen-bond donors (Lipinski definition) is 1. The summed E-state index contributed by atoms with van der Waals surface area (Å²) in [6.07, 6.45) is 0.914. The van der Waals surface area contributed by atoms with Crippen LogP contribution in [0.5, 0.6) is 0 Å². The van der Waals surface area contributed by atoms with Crippen molar-refractivity contribution in [2.45, 2.75) is 32.4 Å². The largest absolute Gasteiger partial charge is 0.517 e. The minimum Gasteiger partial charge on any atom is -0.517 e. The monoisotopic (exact) mass is 271 g/mol. The van der Waals surface area contributed by atoms with E-state index in [9.17, 15) is 4.79 Å². The van der Waals surface area contributed by atoms with Crippen LogP contribution >= 0.6 is 0 Å². The van der Waals surface area contributed by atoms with E-state index in [1.54, 1.807) is 0 Å². The predicted octanol–water partition coefficient (Wildman–Crippen LogP) is 0.825. The normalized spacial score (nSPS) is 28.0. The van der Waals surface area contributed by atoms with Crippen LogP contribution < -0.4 is 5.32 Å². The first-order valence-electron chi connectivity index (χ1n) is 4.72. The molecule has 4 heteroatoms. The summed E-state index contributed by atoms with van der Waals surface area (Å²) < 4.78 is 0. The van der Waals surface area contributed by atoms with Crippen molar-refractivity contribution in [1.29, 1.82) is 0 Å². The van der Waals surface area contributed by atoms with Crippen LogP contribution in [0.4, 0.5) is 0 Å². The molecule has 3 atom stereocenters. The predicted molar refractivity (Wildman–Crippen MR) is 52.6 cm³/mol. The maximum Gasteiger partial charge on any atom is 0.208 e. The summed E-state index contributed by atoms with van der Waals surface area (Å²) in [5.74, 6) is 0.648. The summed E-state index contributed by atoms with van der Waals surface area (Å²) in [4.78, 5) is 13.1. The number of carbonyl (C=O) groups excluding carboxylic acids is 1. The third-order valence-corrected chi connectivity index (χ3v) is 2.46. The number of amides is 1. The maximum atomic E-state index is 11.7. The number of nitrogens with one attached hydrogen (secondary N) is 1. The molecular weight excluding hydrogens is 253 g/mol. The minimum absolute atomic E-state index is 0. The van der Waals surface area contributed by atoms with Crippen LogP contribution in [0.3, 0.4) is 0 Å². The van der Waals surface area contributed by atoms with E-state index in [2.05, 4.69) is 26.2 Å². The first-order chi connectivity index (χ1) is 6.02. The van der Waals surface area contributed by atoms with Crippen LogP contribution in [-0.4, -0.2) is 29.4 Å². The van der Waals surface area contributed by atoms with E-state index in [0.29, 0.717) is 5.92 Å². The molecule has 79 valence electrons. The Bertz CT molecular complexity index is 197.